The van der Waals surface area contributed by atoms with Crippen LogP contribution >= 0.6 is 0 Å². The standard InChI is InChI=1S/C10H17N/c1-11(2)9-8-10-6-4-3-5-7-10/h6,8-9H,3-5,7H2,1-2H3. The summed E-state index contributed by atoms with van der Waals surface area (Å²) in [6.45, 7) is 0. The van der Waals surface area contributed by atoms with Gasteiger partial charge in [-0.05, 0) is 38.0 Å². The van der Waals surface area contributed by atoms with Crippen molar-refractivity contribution in [3.05, 3.63) is 23.9 Å². The van der Waals surface area contributed by atoms with Crippen LogP contribution in [-0.2, 0) is 0 Å². The zero-order chi connectivity index (χ0) is 8.10. The molecule has 0 atom stereocenters. The molecule has 1 rings (SSSR count). The molecule has 0 spiro atoms. The summed E-state index contributed by atoms with van der Waals surface area (Å²) in [5.41, 5.74) is 1.50. The van der Waals surface area contributed by atoms with Crippen molar-refractivity contribution in [3.63, 3.8) is 0 Å². The SMILES string of the molecule is CN(C)C=CC1=CCCCC1. The summed E-state index contributed by atoms with van der Waals surface area (Å²) >= 11 is 0. The van der Waals surface area contributed by atoms with E-state index in [1.54, 1.807) is 0 Å². The molecule has 11 heavy (non-hydrogen) atoms. The highest BCUT2D eigenvalue weighted by molar-refractivity contribution is 5.19. The lowest BCUT2D eigenvalue weighted by molar-refractivity contribution is 0.562. The number of rotatable bonds is 2. The summed E-state index contributed by atoms with van der Waals surface area (Å²) in [6, 6.07) is 0. The summed E-state index contributed by atoms with van der Waals surface area (Å²) in [4.78, 5) is 2.08. The lowest BCUT2D eigenvalue weighted by Crippen LogP contribution is -2.00. The van der Waals surface area contributed by atoms with E-state index in [0.717, 1.165) is 0 Å². The van der Waals surface area contributed by atoms with Crippen molar-refractivity contribution < 1.29 is 0 Å². The molecule has 0 aromatic carbocycles. The van der Waals surface area contributed by atoms with Crippen LogP contribution in [0, 0.1) is 0 Å². The Balaban J connectivity index is 2.41. The smallest absolute Gasteiger partial charge is 0.00556 e. The molecule has 1 aliphatic rings. The van der Waals surface area contributed by atoms with Gasteiger partial charge in [0.2, 0.25) is 0 Å². The van der Waals surface area contributed by atoms with E-state index in [4.69, 9.17) is 0 Å². The minimum Gasteiger partial charge on any atom is -0.383 e. The van der Waals surface area contributed by atoms with Crippen LogP contribution in [0.25, 0.3) is 0 Å². The van der Waals surface area contributed by atoms with Gasteiger partial charge >= 0.3 is 0 Å². The third-order valence-electron chi connectivity index (χ3n) is 1.91. The first kappa shape index (κ1) is 8.38. The quantitative estimate of drug-likeness (QED) is 0.586. The van der Waals surface area contributed by atoms with Crippen molar-refractivity contribution >= 4 is 0 Å². The normalized spacial score (nSPS) is 18.5. The zero-order valence-corrected chi connectivity index (χ0v) is 7.51. The largest absolute Gasteiger partial charge is 0.383 e. The third kappa shape index (κ3) is 3.26. The maximum absolute atomic E-state index is 2.35. The number of nitrogens with zero attached hydrogens (tertiary/aromatic N) is 1. The maximum atomic E-state index is 2.35. The van der Waals surface area contributed by atoms with Gasteiger partial charge in [0.05, 0.1) is 0 Å². The molecule has 0 heterocycles. The molecule has 0 radical (unpaired) electrons. The van der Waals surface area contributed by atoms with E-state index in [9.17, 15) is 0 Å². The average Bonchev–Trinajstić information content (AvgIpc) is 2.03. The Hall–Kier alpha value is -0.720. The fraction of sp³-hybridized carbons (Fsp3) is 0.600. The van der Waals surface area contributed by atoms with E-state index < -0.39 is 0 Å². The molecule has 0 amide bonds. The van der Waals surface area contributed by atoms with Gasteiger partial charge in [0.25, 0.3) is 0 Å². The predicted molar refractivity (Wildman–Crippen MR) is 49.4 cm³/mol. The Morgan fingerprint density at radius 3 is 2.73 bits per heavy atom. The van der Waals surface area contributed by atoms with Gasteiger partial charge in [-0.1, -0.05) is 11.6 Å². The summed E-state index contributed by atoms with van der Waals surface area (Å²) in [7, 11) is 4.11. The van der Waals surface area contributed by atoms with Gasteiger partial charge in [-0.3, -0.25) is 0 Å². The first-order valence-electron chi connectivity index (χ1n) is 4.33. The maximum Gasteiger partial charge on any atom is 0.00556 e. The van der Waals surface area contributed by atoms with Crippen LogP contribution in [0.3, 0.4) is 0 Å². The Morgan fingerprint density at radius 1 is 1.36 bits per heavy atom. The average molecular weight is 151 g/mol. The second-order valence-electron chi connectivity index (χ2n) is 3.30. The van der Waals surface area contributed by atoms with Crippen LogP contribution in [0.2, 0.25) is 0 Å². The number of hydrogen-bond acceptors (Lipinski definition) is 1. The van der Waals surface area contributed by atoms with Crippen molar-refractivity contribution in [2.45, 2.75) is 25.7 Å². The van der Waals surface area contributed by atoms with Crippen molar-refractivity contribution in [1.82, 2.24) is 4.90 Å². The highest BCUT2D eigenvalue weighted by Crippen LogP contribution is 2.17. The van der Waals surface area contributed by atoms with E-state index in [2.05, 4.69) is 37.3 Å². The van der Waals surface area contributed by atoms with Gasteiger partial charge in [-0.15, -0.1) is 0 Å². The molecular formula is C10H17N. The summed E-state index contributed by atoms with van der Waals surface area (Å²) in [5, 5.41) is 0. The molecule has 0 N–H and O–H groups in total. The highest BCUT2D eigenvalue weighted by atomic mass is 15.0. The molecule has 0 unspecified atom stereocenters. The van der Waals surface area contributed by atoms with Crippen LogP contribution in [-0.4, -0.2) is 19.0 Å². The first-order chi connectivity index (χ1) is 5.29. The minimum absolute atomic E-state index is 1.27. The lowest BCUT2D eigenvalue weighted by atomic mass is 10.00. The van der Waals surface area contributed by atoms with Crippen LogP contribution in [0.1, 0.15) is 25.7 Å². The van der Waals surface area contributed by atoms with E-state index in [1.165, 1.54) is 31.3 Å². The van der Waals surface area contributed by atoms with Gasteiger partial charge in [0.15, 0.2) is 0 Å². The molecule has 0 aromatic rings. The molecule has 0 saturated carbocycles. The monoisotopic (exact) mass is 151 g/mol. The summed E-state index contributed by atoms with van der Waals surface area (Å²) in [5.74, 6) is 0. The fourth-order valence-electron chi connectivity index (χ4n) is 1.26. The molecule has 0 aromatic heterocycles. The van der Waals surface area contributed by atoms with E-state index in [0.29, 0.717) is 0 Å². The molecule has 0 aliphatic heterocycles. The summed E-state index contributed by atoms with van der Waals surface area (Å²) < 4.78 is 0. The molecule has 62 valence electrons. The topological polar surface area (TPSA) is 3.24 Å². The predicted octanol–water partition coefficient (Wildman–Crippen LogP) is 2.56. The van der Waals surface area contributed by atoms with Crippen molar-refractivity contribution in [3.8, 4) is 0 Å². The lowest BCUT2D eigenvalue weighted by Gasteiger charge is -2.09. The van der Waals surface area contributed by atoms with Gasteiger partial charge in [0, 0.05) is 14.1 Å². The van der Waals surface area contributed by atoms with Gasteiger partial charge < -0.3 is 4.90 Å². The first-order valence-corrected chi connectivity index (χ1v) is 4.33. The molecule has 0 fully saturated rings. The van der Waals surface area contributed by atoms with Crippen molar-refractivity contribution in [1.29, 1.82) is 0 Å². The van der Waals surface area contributed by atoms with E-state index in [-0.39, 0.29) is 0 Å². The number of hydrogen-bond donors (Lipinski definition) is 0. The van der Waals surface area contributed by atoms with Crippen LogP contribution in [0.4, 0.5) is 0 Å². The second kappa shape index (κ2) is 4.22. The van der Waals surface area contributed by atoms with Crippen molar-refractivity contribution in [2.75, 3.05) is 14.1 Å². The Kier molecular flexibility index (Phi) is 3.21. The molecule has 1 heteroatoms. The second-order valence-corrected chi connectivity index (χ2v) is 3.30. The fourth-order valence-corrected chi connectivity index (χ4v) is 1.26. The highest BCUT2D eigenvalue weighted by Gasteiger charge is 1.98. The van der Waals surface area contributed by atoms with Crippen molar-refractivity contribution in [2.24, 2.45) is 0 Å². The Bertz CT molecular complexity index is 166. The molecule has 1 aliphatic carbocycles. The molecular weight excluding hydrogens is 134 g/mol. The third-order valence-corrected chi connectivity index (χ3v) is 1.91. The van der Waals surface area contributed by atoms with Crippen LogP contribution < -0.4 is 0 Å². The Morgan fingerprint density at radius 2 is 2.18 bits per heavy atom. The van der Waals surface area contributed by atoms with E-state index >= 15 is 0 Å². The van der Waals surface area contributed by atoms with E-state index in [1.807, 2.05) is 0 Å². The van der Waals surface area contributed by atoms with Gasteiger partial charge in [0.1, 0.15) is 0 Å². The molecule has 0 bridgehead atoms. The van der Waals surface area contributed by atoms with Gasteiger partial charge in [-0.2, -0.15) is 0 Å². The molecule has 1 nitrogen and oxygen atoms in total. The number of allylic oxidation sites excluding steroid dienone is 3. The summed E-state index contributed by atoms with van der Waals surface area (Å²) in [6.07, 6.45) is 12.0. The van der Waals surface area contributed by atoms with Gasteiger partial charge in [-0.25, -0.2) is 0 Å². The minimum atomic E-state index is 1.27. The van der Waals surface area contributed by atoms with Crippen LogP contribution in [0.15, 0.2) is 23.9 Å². The van der Waals surface area contributed by atoms with Crippen LogP contribution in [0.5, 0.6) is 0 Å². The Labute approximate surface area is 69.4 Å². The zero-order valence-electron chi connectivity index (χ0n) is 7.51. The molecule has 0 saturated heterocycles.